The molecule has 0 radical (unpaired) electrons. The van der Waals surface area contributed by atoms with Crippen LogP contribution in [0.5, 0.6) is 0 Å². The summed E-state index contributed by atoms with van der Waals surface area (Å²) in [6.45, 7) is 4.64. The summed E-state index contributed by atoms with van der Waals surface area (Å²) in [6.07, 6.45) is 0.494. The molecule has 0 aromatic carbocycles. The summed E-state index contributed by atoms with van der Waals surface area (Å²) in [5, 5.41) is 1.06. The van der Waals surface area contributed by atoms with E-state index < -0.39 is 28.2 Å². The van der Waals surface area contributed by atoms with Crippen molar-refractivity contribution in [3.05, 3.63) is 0 Å². The lowest BCUT2D eigenvalue weighted by molar-refractivity contribution is -0.134. The molecule has 0 unspecified atom stereocenters. The quantitative estimate of drug-likeness (QED) is 0.510. The van der Waals surface area contributed by atoms with Crippen LogP contribution in [0.2, 0.25) is 0 Å². The third kappa shape index (κ3) is 8.92. The van der Waals surface area contributed by atoms with E-state index in [-0.39, 0.29) is 17.9 Å². The van der Waals surface area contributed by atoms with Crippen molar-refractivity contribution in [2.24, 2.45) is 5.92 Å². The van der Waals surface area contributed by atoms with E-state index in [2.05, 4.69) is 5.43 Å². The van der Waals surface area contributed by atoms with Gasteiger partial charge in [-0.1, -0.05) is 34.8 Å². The molecule has 11 heteroatoms. The van der Waals surface area contributed by atoms with Crippen LogP contribution in [0.25, 0.3) is 0 Å². The average Bonchev–Trinajstić information content (AvgIpc) is 2.54. The highest BCUT2D eigenvalue weighted by Crippen LogP contribution is 2.30. The zero-order valence-electron chi connectivity index (χ0n) is 16.8. The molecular weight excluding hydrogens is 433 g/mol. The van der Waals surface area contributed by atoms with Crippen molar-refractivity contribution in [3.63, 3.8) is 0 Å². The summed E-state index contributed by atoms with van der Waals surface area (Å²) in [5.41, 5.74) is 1.68. The van der Waals surface area contributed by atoms with E-state index in [1.54, 1.807) is 39.8 Å². The monoisotopic (exact) mass is 459 g/mol. The number of alkyl halides is 3. The van der Waals surface area contributed by atoms with Crippen molar-refractivity contribution in [1.29, 1.82) is 0 Å². The second-order valence-electron chi connectivity index (χ2n) is 7.89. The van der Waals surface area contributed by atoms with Crippen LogP contribution < -0.4 is 5.43 Å². The van der Waals surface area contributed by atoms with Crippen LogP contribution >= 0.6 is 34.8 Å². The van der Waals surface area contributed by atoms with E-state index in [0.29, 0.717) is 25.7 Å². The first-order valence-electron chi connectivity index (χ1n) is 8.93. The van der Waals surface area contributed by atoms with Gasteiger partial charge in [-0.3, -0.25) is 4.79 Å². The number of hydrogen-bond acceptors (Lipinski definition) is 5. The van der Waals surface area contributed by atoms with Gasteiger partial charge in [-0.25, -0.2) is 20.0 Å². The van der Waals surface area contributed by atoms with Crippen LogP contribution in [0, 0.1) is 5.92 Å². The van der Waals surface area contributed by atoms with Gasteiger partial charge < -0.3 is 14.4 Å². The fourth-order valence-electron chi connectivity index (χ4n) is 2.84. The number of rotatable bonds is 3. The first-order chi connectivity index (χ1) is 12.7. The highest BCUT2D eigenvalue weighted by Gasteiger charge is 2.35. The molecule has 162 valence electrons. The molecule has 1 N–H and O–H groups in total. The fourth-order valence-corrected chi connectivity index (χ4v) is 3.01. The number of nitrogens with one attached hydrogen (secondary N) is 1. The number of amides is 3. The van der Waals surface area contributed by atoms with E-state index >= 15 is 0 Å². The van der Waals surface area contributed by atoms with Gasteiger partial charge in [-0.2, -0.15) is 0 Å². The molecule has 0 atom stereocenters. The van der Waals surface area contributed by atoms with Crippen LogP contribution in [0.1, 0.15) is 46.5 Å². The fraction of sp³-hybridized carbons (Fsp3) is 0.824. The Balaban J connectivity index is 2.82. The van der Waals surface area contributed by atoms with Gasteiger partial charge in [-0.15, -0.1) is 0 Å². The van der Waals surface area contributed by atoms with Crippen molar-refractivity contribution in [3.8, 4) is 0 Å². The van der Waals surface area contributed by atoms with Crippen molar-refractivity contribution in [2.75, 3.05) is 20.7 Å². The third-order valence-corrected chi connectivity index (χ3v) is 4.35. The first-order valence-corrected chi connectivity index (χ1v) is 10.1. The normalized spacial score (nSPS) is 20.1. The van der Waals surface area contributed by atoms with Crippen LogP contribution in [0.3, 0.4) is 0 Å². The molecule has 1 fully saturated rings. The second kappa shape index (κ2) is 10.1. The molecule has 0 spiro atoms. The predicted octanol–water partition coefficient (Wildman–Crippen LogP) is 3.88. The smallest absolute Gasteiger partial charge is 0.429 e. The van der Waals surface area contributed by atoms with Gasteiger partial charge in [-0.05, 0) is 46.5 Å². The maximum absolute atomic E-state index is 12.5. The Kier molecular flexibility index (Phi) is 8.96. The SMILES string of the molecule is CN(C)C(=O)C1CCC(N(NC(=O)OC(C)(C)C)C(=O)OCC(Cl)(Cl)Cl)CC1. The van der Waals surface area contributed by atoms with Gasteiger partial charge in [0.1, 0.15) is 12.2 Å². The first kappa shape index (κ1) is 24.9. The van der Waals surface area contributed by atoms with E-state index in [1.165, 1.54) is 0 Å². The van der Waals surface area contributed by atoms with Crippen molar-refractivity contribution in [1.82, 2.24) is 15.3 Å². The maximum atomic E-state index is 12.5. The predicted molar refractivity (Wildman–Crippen MR) is 107 cm³/mol. The zero-order valence-corrected chi connectivity index (χ0v) is 19.0. The maximum Gasteiger partial charge on any atom is 0.429 e. The molecule has 0 bridgehead atoms. The Morgan fingerprint density at radius 2 is 1.57 bits per heavy atom. The molecule has 1 rings (SSSR count). The van der Waals surface area contributed by atoms with E-state index in [9.17, 15) is 14.4 Å². The molecule has 1 aliphatic rings. The third-order valence-electron chi connectivity index (χ3n) is 4.02. The lowest BCUT2D eigenvalue weighted by atomic mass is 9.85. The number of carbonyl (C=O) groups is 3. The largest absolute Gasteiger partial charge is 0.444 e. The number of halogens is 3. The van der Waals surface area contributed by atoms with Gasteiger partial charge in [0.15, 0.2) is 0 Å². The lowest BCUT2D eigenvalue weighted by Gasteiger charge is -2.36. The molecule has 0 saturated heterocycles. The number of hydrogen-bond donors (Lipinski definition) is 1. The van der Waals surface area contributed by atoms with E-state index in [0.717, 1.165) is 5.01 Å². The van der Waals surface area contributed by atoms with Crippen LogP contribution in [-0.2, 0) is 14.3 Å². The highest BCUT2D eigenvalue weighted by atomic mass is 35.6. The number of nitrogens with zero attached hydrogens (tertiary/aromatic N) is 2. The summed E-state index contributed by atoms with van der Waals surface area (Å²) < 4.78 is 8.44. The number of hydrazine groups is 1. The van der Waals surface area contributed by atoms with E-state index in [4.69, 9.17) is 44.3 Å². The molecular formula is C17H28Cl3N3O5. The molecule has 0 aromatic heterocycles. The summed E-state index contributed by atoms with van der Waals surface area (Å²) in [4.78, 5) is 38.3. The van der Waals surface area contributed by atoms with Gasteiger partial charge in [0.25, 0.3) is 0 Å². The summed E-state index contributed by atoms with van der Waals surface area (Å²) >= 11 is 16.9. The molecule has 0 heterocycles. The topological polar surface area (TPSA) is 88.2 Å². The minimum absolute atomic E-state index is 0.0453. The highest BCUT2D eigenvalue weighted by molar-refractivity contribution is 6.67. The molecule has 8 nitrogen and oxygen atoms in total. The second-order valence-corrected chi connectivity index (χ2v) is 10.4. The van der Waals surface area contributed by atoms with E-state index in [1.807, 2.05) is 0 Å². The van der Waals surface area contributed by atoms with Crippen LogP contribution in [0.4, 0.5) is 9.59 Å². The molecule has 3 amide bonds. The molecule has 0 aromatic rings. The van der Waals surface area contributed by atoms with Gasteiger partial charge in [0.05, 0.1) is 6.04 Å². The molecule has 1 aliphatic carbocycles. The number of carbonyl (C=O) groups excluding carboxylic acids is 3. The zero-order chi connectivity index (χ0) is 21.7. The van der Waals surface area contributed by atoms with Gasteiger partial charge in [0, 0.05) is 20.0 Å². The van der Waals surface area contributed by atoms with Crippen molar-refractivity contribution >= 4 is 52.9 Å². The van der Waals surface area contributed by atoms with Crippen molar-refractivity contribution < 1.29 is 23.9 Å². The molecule has 1 saturated carbocycles. The van der Waals surface area contributed by atoms with Crippen LogP contribution in [0.15, 0.2) is 0 Å². The average molecular weight is 461 g/mol. The Hall–Kier alpha value is -1.12. The molecule has 28 heavy (non-hydrogen) atoms. The van der Waals surface area contributed by atoms with Gasteiger partial charge >= 0.3 is 12.2 Å². The van der Waals surface area contributed by atoms with Gasteiger partial charge in [0.2, 0.25) is 9.70 Å². The Morgan fingerprint density at radius 3 is 2.00 bits per heavy atom. The molecule has 0 aliphatic heterocycles. The van der Waals surface area contributed by atoms with Crippen LogP contribution in [-0.4, -0.2) is 64.1 Å². The summed E-state index contributed by atoms with van der Waals surface area (Å²) in [7, 11) is 3.41. The Bertz CT molecular complexity index is 567. The summed E-state index contributed by atoms with van der Waals surface area (Å²) in [5.74, 6) is -0.0734. The Morgan fingerprint density at radius 1 is 1.04 bits per heavy atom. The van der Waals surface area contributed by atoms with Crippen molar-refractivity contribution in [2.45, 2.75) is 61.9 Å². The summed E-state index contributed by atoms with van der Waals surface area (Å²) in [6, 6.07) is -0.374. The number of ether oxygens (including phenoxy) is 2. The minimum Gasteiger partial charge on any atom is -0.444 e. The Labute approximate surface area is 180 Å². The minimum atomic E-state index is -1.77. The standard InChI is InChI=1S/C17H28Cl3N3O5/c1-16(2,3)28-14(25)21-23(15(26)27-10-17(18,19)20)12-8-6-11(7-9-12)13(24)22(4)5/h11-12H,6-10H2,1-5H3,(H,21,25). The lowest BCUT2D eigenvalue weighted by Crippen LogP contribution is -2.54.